The number of aryl methyl sites for hydroxylation is 1. The van der Waals surface area contributed by atoms with Crippen molar-refractivity contribution < 1.29 is 27.9 Å². The highest BCUT2D eigenvalue weighted by molar-refractivity contribution is 5.79. The van der Waals surface area contributed by atoms with Crippen LogP contribution in [0.3, 0.4) is 0 Å². The average molecular weight is 331 g/mol. The Morgan fingerprint density at radius 2 is 2.09 bits per heavy atom. The monoisotopic (exact) mass is 331 g/mol. The molecule has 0 unspecified atom stereocenters. The van der Waals surface area contributed by atoms with E-state index >= 15 is 0 Å². The molecule has 0 spiro atoms. The number of alkyl halides is 3. The van der Waals surface area contributed by atoms with Crippen LogP contribution in [0.4, 0.5) is 13.2 Å². The summed E-state index contributed by atoms with van der Waals surface area (Å²) in [5.74, 6) is -1.40. The first kappa shape index (κ1) is 15.8. The molecule has 1 amide bonds. The Morgan fingerprint density at radius 1 is 1.39 bits per heavy atom. The van der Waals surface area contributed by atoms with Gasteiger partial charge >= 0.3 is 12.1 Å². The van der Waals surface area contributed by atoms with Crippen molar-refractivity contribution in [3.05, 3.63) is 17.5 Å². The number of carbonyl (C=O) groups excluding carboxylic acids is 1. The van der Waals surface area contributed by atoms with Crippen LogP contribution in [-0.4, -0.2) is 32.8 Å². The highest BCUT2D eigenvalue weighted by Gasteiger charge is 2.57. The predicted octanol–water partition coefficient (Wildman–Crippen LogP) is 1.21. The first-order chi connectivity index (χ1) is 10.7. The van der Waals surface area contributed by atoms with Crippen LogP contribution in [-0.2, 0) is 29.2 Å². The molecule has 1 aromatic rings. The molecule has 6 nitrogen and oxygen atoms in total. The Morgan fingerprint density at radius 3 is 2.61 bits per heavy atom. The highest BCUT2D eigenvalue weighted by atomic mass is 19.4. The molecule has 2 aliphatic rings. The number of fused-ring (bicyclic) bond motifs is 1. The van der Waals surface area contributed by atoms with Crippen LogP contribution in [0.15, 0.2) is 6.07 Å². The van der Waals surface area contributed by atoms with Crippen molar-refractivity contribution in [1.82, 2.24) is 15.1 Å². The van der Waals surface area contributed by atoms with Gasteiger partial charge in [-0.3, -0.25) is 14.3 Å². The van der Waals surface area contributed by atoms with E-state index in [0.29, 0.717) is 6.42 Å². The molecule has 1 aromatic heterocycles. The van der Waals surface area contributed by atoms with E-state index in [1.165, 1.54) is 7.05 Å². The van der Waals surface area contributed by atoms with Crippen molar-refractivity contribution in [3.63, 3.8) is 0 Å². The number of nitrogens with one attached hydrogen (secondary N) is 1. The van der Waals surface area contributed by atoms with Gasteiger partial charge in [-0.1, -0.05) is 0 Å². The minimum atomic E-state index is -4.55. The van der Waals surface area contributed by atoms with Gasteiger partial charge in [-0.05, 0) is 30.7 Å². The van der Waals surface area contributed by atoms with E-state index in [4.69, 9.17) is 5.11 Å². The number of rotatable bonds is 4. The summed E-state index contributed by atoms with van der Waals surface area (Å²) >= 11 is 0. The number of halogens is 3. The Hall–Kier alpha value is -2.06. The van der Waals surface area contributed by atoms with Crippen LogP contribution >= 0.6 is 0 Å². The second-order valence-corrected chi connectivity index (χ2v) is 6.24. The number of hydrogen-bond donors (Lipinski definition) is 2. The van der Waals surface area contributed by atoms with E-state index in [-0.39, 0.29) is 30.0 Å². The second-order valence-electron chi connectivity index (χ2n) is 6.24. The summed E-state index contributed by atoms with van der Waals surface area (Å²) in [5, 5.41) is 15.2. The summed E-state index contributed by atoms with van der Waals surface area (Å²) in [6.07, 6.45) is -3.60. The molecule has 4 atom stereocenters. The van der Waals surface area contributed by atoms with Gasteiger partial charge in [0.1, 0.15) is 0 Å². The topological polar surface area (TPSA) is 84.2 Å². The van der Waals surface area contributed by atoms with E-state index < -0.39 is 29.7 Å². The van der Waals surface area contributed by atoms with Gasteiger partial charge in [0.15, 0.2) is 5.69 Å². The fourth-order valence-electron chi connectivity index (χ4n) is 3.47. The zero-order chi connectivity index (χ0) is 16.9. The number of carboxylic acid groups (broad SMARTS) is 1. The van der Waals surface area contributed by atoms with Crippen molar-refractivity contribution in [3.8, 4) is 0 Å². The first-order valence-corrected chi connectivity index (χ1v) is 7.29. The highest BCUT2D eigenvalue weighted by Crippen LogP contribution is 2.55. The van der Waals surface area contributed by atoms with E-state index in [1.807, 2.05) is 0 Å². The summed E-state index contributed by atoms with van der Waals surface area (Å²) in [6.45, 7) is 0. The molecular weight excluding hydrogens is 315 g/mol. The second kappa shape index (κ2) is 5.24. The summed E-state index contributed by atoms with van der Waals surface area (Å²) in [7, 11) is 1.35. The molecule has 126 valence electrons. The first-order valence-electron chi connectivity index (χ1n) is 7.29. The Kier molecular flexibility index (Phi) is 3.61. The average Bonchev–Trinajstić information content (AvgIpc) is 3.01. The lowest BCUT2D eigenvalue weighted by molar-refractivity contribution is -0.142. The molecule has 0 radical (unpaired) electrons. The van der Waals surface area contributed by atoms with Crippen molar-refractivity contribution >= 4 is 11.9 Å². The lowest BCUT2D eigenvalue weighted by Gasteiger charge is -2.15. The van der Waals surface area contributed by atoms with E-state index in [1.54, 1.807) is 0 Å². The number of aromatic nitrogens is 2. The van der Waals surface area contributed by atoms with Crippen molar-refractivity contribution in [2.24, 2.45) is 24.8 Å². The third-order valence-electron chi connectivity index (χ3n) is 4.71. The van der Waals surface area contributed by atoms with Crippen LogP contribution in [0.25, 0.3) is 0 Å². The maximum Gasteiger partial charge on any atom is 0.435 e. The smallest absolute Gasteiger partial charge is 0.435 e. The van der Waals surface area contributed by atoms with Crippen LogP contribution in [0.5, 0.6) is 0 Å². The van der Waals surface area contributed by atoms with E-state index in [9.17, 15) is 22.8 Å². The van der Waals surface area contributed by atoms with Crippen molar-refractivity contribution in [2.45, 2.75) is 31.5 Å². The number of carbonyl (C=O) groups is 2. The molecule has 0 aliphatic heterocycles. The molecule has 0 saturated heterocycles. The van der Waals surface area contributed by atoms with Crippen LogP contribution in [0, 0.1) is 17.8 Å². The minimum absolute atomic E-state index is 0.117. The van der Waals surface area contributed by atoms with Crippen molar-refractivity contribution in [2.75, 3.05) is 0 Å². The zero-order valence-electron chi connectivity index (χ0n) is 12.3. The van der Waals surface area contributed by atoms with Crippen molar-refractivity contribution in [1.29, 1.82) is 0 Å². The van der Waals surface area contributed by atoms with Gasteiger partial charge in [0.25, 0.3) is 0 Å². The Balaban J connectivity index is 1.61. The molecule has 1 heterocycles. The standard InChI is InChI=1S/C14H16F3N3O3/c1-20-6(2-11(19-20)14(15,16)17)3-12(21)18-10-5-9(13(22)23)7-4-8(7)10/h2,7-10H,3-5H2,1H3,(H,18,21)(H,22,23)/t7-,8+,9-,10+/m0/s1. The molecule has 2 N–H and O–H groups in total. The summed E-state index contributed by atoms with van der Waals surface area (Å²) in [5.41, 5.74) is -0.869. The molecule has 2 fully saturated rings. The number of amides is 1. The van der Waals surface area contributed by atoms with Crippen LogP contribution < -0.4 is 5.32 Å². The molecule has 23 heavy (non-hydrogen) atoms. The molecule has 0 bridgehead atoms. The summed E-state index contributed by atoms with van der Waals surface area (Å²) in [6, 6.07) is 0.651. The molecule has 9 heteroatoms. The van der Waals surface area contributed by atoms with Crippen LogP contribution in [0.2, 0.25) is 0 Å². The molecular formula is C14H16F3N3O3. The number of nitrogens with zero attached hydrogens (tertiary/aromatic N) is 2. The van der Waals surface area contributed by atoms with Gasteiger partial charge in [-0.2, -0.15) is 18.3 Å². The fraction of sp³-hybridized carbons (Fsp3) is 0.643. The largest absolute Gasteiger partial charge is 0.481 e. The number of carboxylic acids is 1. The SMILES string of the molecule is Cn1nc(C(F)(F)F)cc1CC(=O)N[C@@H]1C[C@H](C(=O)O)[C@H]2C[C@H]21. The van der Waals surface area contributed by atoms with Gasteiger partial charge in [0.05, 0.1) is 12.3 Å². The third-order valence-corrected chi connectivity index (χ3v) is 4.71. The number of aliphatic carboxylic acids is 1. The van der Waals surface area contributed by atoms with E-state index in [0.717, 1.165) is 17.2 Å². The predicted molar refractivity (Wildman–Crippen MR) is 71.2 cm³/mol. The molecule has 2 aliphatic carbocycles. The molecule has 2 saturated carbocycles. The third kappa shape index (κ3) is 3.04. The maximum absolute atomic E-state index is 12.6. The van der Waals surface area contributed by atoms with Gasteiger partial charge < -0.3 is 10.4 Å². The summed E-state index contributed by atoms with van der Waals surface area (Å²) in [4.78, 5) is 23.1. The number of hydrogen-bond acceptors (Lipinski definition) is 3. The quantitative estimate of drug-likeness (QED) is 0.868. The van der Waals surface area contributed by atoms with Crippen LogP contribution in [0.1, 0.15) is 24.2 Å². The zero-order valence-corrected chi connectivity index (χ0v) is 12.3. The Labute approximate surface area is 129 Å². The van der Waals surface area contributed by atoms with Gasteiger partial charge in [0.2, 0.25) is 5.91 Å². The maximum atomic E-state index is 12.6. The van der Waals surface area contributed by atoms with Gasteiger partial charge in [0, 0.05) is 18.8 Å². The van der Waals surface area contributed by atoms with E-state index in [2.05, 4.69) is 10.4 Å². The van der Waals surface area contributed by atoms with Gasteiger partial charge in [-0.25, -0.2) is 0 Å². The van der Waals surface area contributed by atoms with Gasteiger partial charge in [-0.15, -0.1) is 0 Å². The lowest BCUT2D eigenvalue weighted by atomic mass is 10.0. The fourth-order valence-corrected chi connectivity index (χ4v) is 3.47. The molecule has 0 aromatic carbocycles. The normalized spacial score (nSPS) is 29.2. The molecule has 3 rings (SSSR count). The Bertz CT molecular complexity index is 655. The minimum Gasteiger partial charge on any atom is -0.481 e. The summed E-state index contributed by atoms with van der Waals surface area (Å²) < 4.78 is 38.8. The lowest BCUT2D eigenvalue weighted by Crippen LogP contribution is -2.37.